The molecule has 19 rings (SSSR count). The SMILES string of the molecule is c1ccc(-c2ccc(N(c3ccc(-c4ccccc4)cc3)c3ccc(-c4ccc5ccc6ccccc6c5c4)cc3)cc2)cc1.c1ccc(-n2c3ccccc3c3cc(-c4ccc5c(c4)c4ccccc4n5-c4ccc(-c5ccc6sc7ccccc7c6c5)cc4)ccc32)cc1. The van der Waals surface area contributed by atoms with Gasteiger partial charge in [-0.3, -0.25) is 0 Å². The summed E-state index contributed by atoms with van der Waals surface area (Å²) in [5, 5.41) is 12.8. The smallest absolute Gasteiger partial charge is 0.0541 e. The Hall–Kier alpha value is -12.3. The van der Waals surface area contributed by atoms with Crippen molar-refractivity contribution in [1.29, 1.82) is 0 Å². The number of benzene rings is 16. The minimum atomic E-state index is 1.12. The minimum Gasteiger partial charge on any atom is -0.311 e. The van der Waals surface area contributed by atoms with E-state index in [0.717, 1.165) is 22.7 Å². The molecule has 0 saturated carbocycles. The molecule has 96 heavy (non-hydrogen) atoms. The van der Waals surface area contributed by atoms with Crippen molar-refractivity contribution >= 4 is 114 Å². The molecule has 3 nitrogen and oxygen atoms in total. The molecule has 0 radical (unpaired) electrons. The minimum absolute atomic E-state index is 1.12. The molecule has 0 saturated heterocycles. The predicted octanol–water partition coefficient (Wildman–Crippen LogP) is 26.0. The van der Waals surface area contributed by atoms with Crippen LogP contribution in [0.25, 0.3) is 152 Å². The van der Waals surface area contributed by atoms with Gasteiger partial charge < -0.3 is 14.0 Å². The molecule has 0 atom stereocenters. The van der Waals surface area contributed by atoms with Gasteiger partial charge in [-0.2, -0.15) is 0 Å². The summed E-state index contributed by atoms with van der Waals surface area (Å²) in [7, 11) is 0. The summed E-state index contributed by atoms with van der Waals surface area (Å²) in [6, 6.07) is 134. The molecule has 0 bridgehead atoms. The summed E-state index contributed by atoms with van der Waals surface area (Å²) in [4.78, 5) is 2.33. The van der Waals surface area contributed by atoms with E-state index in [1.54, 1.807) is 0 Å². The number of thiophene rings is 1. The molecule has 450 valence electrons. The lowest BCUT2D eigenvalue weighted by atomic mass is 9.97. The standard InChI is InChI=1S/C48H30N2S.C44H31N/c1-2-10-35(11-3-1)49-43-15-7-4-12-37(43)40-28-33(20-25-45(40)49)34-21-26-46-41(29-34)38-13-5-8-16-44(38)50(46)36-23-18-31(19-24-36)32-22-27-48-42(30-32)39-14-6-9-17-47(39)51-48;1-3-9-32(10-4-1)34-19-25-40(26-20-34)45(41-27-21-35(22-28-41)33-11-5-2-6-12-33)42-29-23-36(24-30-42)39-18-17-38-16-15-37-13-7-8-14-43(37)44(38)31-39/h1-30H;1-31H. The van der Waals surface area contributed by atoms with Gasteiger partial charge in [0.15, 0.2) is 0 Å². The van der Waals surface area contributed by atoms with Crippen LogP contribution in [0, 0.1) is 0 Å². The highest BCUT2D eigenvalue weighted by Crippen LogP contribution is 2.43. The molecule has 0 aliphatic heterocycles. The summed E-state index contributed by atoms with van der Waals surface area (Å²) >= 11 is 1.86. The molecule has 3 aromatic heterocycles. The summed E-state index contributed by atoms with van der Waals surface area (Å²) < 4.78 is 7.45. The number of anilines is 3. The van der Waals surface area contributed by atoms with Gasteiger partial charge in [0.25, 0.3) is 0 Å². The van der Waals surface area contributed by atoms with Gasteiger partial charge in [-0.1, -0.05) is 249 Å². The Labute approximate surface area is 561 Å². The van der Waals surface area contributed by atoms with Crippen molar-refractivity contribution in [3.05, 3.63) is 370 Å². The van der Waals surface area contributed by atoms with E-state index in [-0.39, 0.29) is 0 Å². The van der Waals surface area contributed by atoms with Gasteiger partial charge in [0.2, 0.25) is 0 Å². The third kappa shape index (κ3) is 10.2. The first-order chi connectivity index (χ1) is 47.6. The van der Waals surface area contributed by atoms with Crippen LogP contribution in [0.2, 0.25) is 0 Å². The quantitative estimate of drug-likeness (QED) is 0.124. The lowest BCUT2D eigenvalue weighted by molar-refractivity contribution is 1.18. The Morgan fingerprint density at radius 2 is 0.510 bits per heavy atom. The molecule has 0 fully saturated rings. The number of hydrogen-bond donors (Lipinski definition) is 0. The summed E-state index contributed by atoms with van der Waals surface area (Å²) in [6.45, 7) is 0. The Bertz CT molecular complexity index is 6000. The number of para-hydroxylation sites is 3. The van der Waals surface area contributed by atoms with Crippen LogP contribution in [0.15, 0.2) is 370 Å². The lowest BCUT2D eigenvalue weighted by Crippen LogP contribution is -2.09. The molecule has 0 aliphatic rings. The molecule has 0 amide bonds. The van der Waals surface area contributed by atoms with Crippen LogP contribution < -0.4 is 4.90 Å². The molecule has 0 unspecified atom stereocenters. The maximum Gasteiger partial charge on any atom is 0.0541 e. The maximum absolute atomic E-state index is 2.41. The highest BCUT2D eigenvalue weighted by atomic mass is 32.1. The molecule has 0 aliphatic carbocycles. The van der Waals surface area contributed by atoms with E-state index in [2.05, 4.69) is 384 Å². The topological polar surface area (TPSA) is 13.1 Å². The van der Waals surface area contributed by atoms with E-state index in [1.165, 1.54) is 147 Å². The zero-order valence-electron chi connectivity index (χ0n) is 52.5. The first kappa shape index (κ1) is 56.4. The molecule has 4 heteroatoms. The van der Waals surface area contributed by atoms with Gasteiger partial charge in [0.1, 0.15) is 0 Å². The maximum atomic E-state index is 2.41. The number of rotatable bonds is 10. The van der Waals surface area contributed by atoms with Crippen molar-refractivity contribution in [1.82, 2.24) is 9.13 Å². The van der Waals surface area contributed by atoms with Crippen LogP contribution in [-0.4, -0.2) is 9.13 Å². The van der Waals surface area contributed by atoms with E-state index in [9.17, 15) is 0 Å². The zero-order chi connectivity index (χ0) is 63.5. The summed E-state index contributed by atoms with van der Waals surface area (Å²) in [5.74, 6) is 0. The van der Waals surface area contributed by atoms with Gasteiger partial charge in [0.05, 0.1) is 22.1 Å². The van der Waals surface area contributed by atoms with E-state index in [0.29, 0.717) is 0 Å². The molecular formula is C92H61N3S. The van der Waals surface area contributed by atoms with E-state index < -0.39 is 0 Å². The Kier molecular flexibility index (Phi) is 14.1. The average molecular weight is 1240 g/mol. The van der Waals surface area contributed by atoms with Gasteiger partial charge >= 0.3 is 0 Å². The molecule has 0 spiro atoms. The van der Waals surface area contributed by atoms with Gasteiger partial charge in [0, 0.05) is 70.2 Å². The highest BCUT2D eigenvalue weighted by molar-refractivity contribution is 7.25. The Morgan fingerprint density at radius 1 is 0.188 bits per heavy atom. The first-order valence-corrected chi connectivity index (χ1v) is 33.7. The van der Waals surface area contributed by atoms with Crippen LogP contribution >= 0.6 is 11.3 Å². The monoisotopic (exact) mass is 1240 g/mol. The molecule has 0 N–H and O–H groups in total. The molecule has 16 aromatic carbocycles. The molecule has 19 aromatic rings. The Morgan fingerprint density at radius 3 is 1.05 bits per heavy atom. The van der Waals surface area contributed by atoms with Gasteiger partial charge in [-0.25, -0.2) is 0 Å². The number of aromatic nitrogens is 2. The van der Waals surface area contributed by atoms with Gasteiger partial charge in [-0.15, -0.1) is 11.3 Å². The molecular weight excluding hydrogens is 1180 g/mol. The number of fused-ring (bicyclic) bond motifs is 12. The number of nitrogens with zero attached hydrogens (tertiary/aromatic N) is 3. The fourth-order valence-electron chi connectivity index (χ4n) is 14.4. The van der Waals surface area contributed by atoms with E-state index in [4.69, 9.17) is 0 Å². The van der Waals surface area contributed by atoms with Crippen LogP contribution in [0.4, 0.5) is 17.1 Å². The molecule has 3 heterocycles. The van der Waals surface area contributed by atoms with Crippen molar-refractivity contribution in [3.63, 3.8) is 0 Å². The highest BCUT2D eigenvalue weighted by Gasteiger charge is 2.19. The summed E-state index contributed by atoms with van der Waals surface area (Å²) in [5.41, 5.74) is 22.7. The Balaban J connectivity index is 0.000000141. The second-order valence-electron chi connectivity index (χ2n) is 24.8. The van der Waals surface area contributed by atoms with Crippen LogP contribution in [0.1, 0.15) is 0 Å². The third-order valence-electron chi connectivity index (χ3n) is 19.2. The van der Waals surface area contributed by atoms with E-state index in [1.807, 2.05) is 11.3 Å². The normalized spacial score (nSPS) is 11.5. The summed E-state index contributed by atoms with van der Waals surface area (Å²) in [6.07, 6.45) is 0. The van der Waals surface area contributed by atoms with Crippen LogP contribution in [0.5, 0.6) is 0 Å². The third-order valence-corrected chi connectivity index (χ3v) is 20.4. The van der Waals surface area contributed by atoms with Crippen molar-refractivity contribution in [2.75, 3.05) is 4.90 Å². The van der Waals surface area contributed by atoms with Crippen LogP contribution in [0.3, 0.4) is 0 Å². The van der Waals surface area contributed by atoms with Crippen molar-refractivity contribution in [3.8, 4) is 67.0 Å². The van der Waals surface area contributed by atoms with Crippen molar-refractivity contribution in [2.24, 2.45) is 0 Å². The number of hydrogen-bond acceptors (Lipinski definition) is 2. The fraction of sp³-hybridized carbons (Fsp3) is 0. The fourth-order valence-corrected chi connectivity index (χ4v) is 15.5. The second-order valence-corrected chi connectivity index (χ2v) is 25.9. The van der Waals surface area contributed by atoms with Gasteiger partial charge in [-0.05, 0) is 199 Å². The predicted molar refractivity (Wildman–Crippen MR) is 411 cm³/mol. The zero-order valence-corrected chi connectivity index (χ0v) is 53.3. The van der Waals surface area contributed by atoms with Crippen molar-refractivity contribution < 1.29 is 0 Å². The van der Waals surface area contributed by atoms with Crippen molar-refractivity contribution in [2.45, 2.75) is 0 Å². The lowest BCUT2D eigenvalue weighted by Gasteiger charge is -2.26. The van der Waals surface area contributed by atoms with E-state index >= 15 is 0 Å². The average Bonchev–Trinajstić information content (AvgIpc) is 1.72. The van der Waals surface area contributed by atoms with Crippen LogP contribution in [-0.2, 0) is 0 Å². The second kappa shape index (κ2) is 24.0. The first-order valence-electron chi connectivity index (χ1n) is 32.9. The largest absolute Gasteiger partial charge is 0.311 e.